The second-order valence-corrected chi connectivity index (χ2v) is 6.02. The summed E-state index contributed by atoms with van der Waals surface area (Å²) in [6.45, 7) is 6.55. The normalized spacial score (nSPS) is 24.9. The van der Waals surface area contributed by atoms with Crippen LogP contribution in [-0.4, -0.2) is 40.2 Å². The van der Waals surface area contributed by atoms with Gasteiger partial charge in [-0.2, -0.15) is 0 Å². The molecule has 0 bridgehead atoms. The summed E-state index contributed by atoms with van der Waals surface area (Å²) in [6.07, 6.45) is 0.445. The zero-order valence-corrected chi connectivity index (χ0v) is 11.9. The molecule has 0 spiro atoms. The highest BCUT2D eigenvalue weighted by molar-refractivity contribution is 7.17. The van der Waals surface area contributed by atoms with Crippen LogP contribution >= 0.6 is 11.3 Å². The highest BCUT2D eigenvalue weighted by Crippen LogP contribution is 2.16. The average Bonchev–Trinajstić information content (AvgIpc) is 2.75. The Morgan fingerprint density at radius 2 is 2.21 bits per heavy atom. The molecule has 3 rings (SSSR count). The lowest BCUT2D eigenvalue weighted by molar-refractivity contribution is -0.0710. The molecule has 1 aliphatic rings. The van der Waals surface area contributed by atoms with Gasteiger partial charge in [-0.1, -0.05) is 0 Å². The maximum atomic E-state index is 11.9. The number of ether oxygens (including phenoxy) is 1. The summed E-state index contributed by atoms with van der Waals surface area (Å²) in [7, 11) is 0. The van der Waals surface area contributed by atoms with Crippen molar-refractivity contribution in [1.82, 2.24) is 14.9 Å². The zero-order chi connectivity index (χ0) is 13.4. The Kier molecular flexibility index (Phi) is 3.38. The van der Waals surface area contributed by atoms with Gasteiger partial charge < -0.3 is 9.72 Å². The first kappa shape index (κ1) is 12.8. The molecule has 1 N–H and O–H groups in total. The fourth-order valence-corrected chi connectivity index (χ4v) is 3.35. The summed E-state index contributed by atoms with van der Waals surface area (Å²) in [5.74, 6) is 0.734. The van der Waals surface area contributed by atoms with E-state index in [0.717, 1.165) is 24.4 Å². The largest absolute Gasteiger partial charge is 0.373 e. The van der Waals surface area contributed by atoms with E-state index in [2.05, 4.69) is 28.7 Å². The number of aromatic amines is 1. The molecule has 0 amide bonds. The van der Waals surface area contributed by atoms with Crippen LogP contribution in [0.25, 0.3) is 10.2 Å². The minimum absolute atomic E-state index is 0.0376. The van der Waals surface area contributed by atoms with Gasteiger partial charge in [0.1, 0.15) is 10.5 Å². The lowest BCUT2D eigenvalue weighted by atomic mass is 10.2. The number of hydrogen-bond acceptors (Lipinski definition) is 5. The quantitative estimate of drug-likeness (QED) is 0.907. The second-order valence-electron chi connectivity index (χ2n) is 5.10. The van der Waals surface area contributed by atoms with Gasteiger partial charge in [0.15, 0.2) is 0 Å². The smallest absolute Gasteiger partial charge is 0.268 e. The van der Waals surface area contributed by atoms with Gasteiger partial charge in [-0.05, 0) is 25.3 Å². The lowest BCUT2D eigenvalue weighted by Crippen LogP contribution is -2.45. The van der Waals surface area contributed by atoms with Crippen molar-refractivity contribution in [2.24, 2.45) is 0 Å². The molecule has 2 atom stereocenters. The van der Waals surface area contributed by atoms with Crippen molar-refractivity contribution in [2.75, 3.05) is 13.1 Å². The van der Waals surface area contributed by atoms with E-state index in [-0.39, 0.29) is 17.8 Å². The third kappa shape index (κ3) is 2.70. The summed E-state index contributed by atoms with van der Waals surface area (Å²) >= 11 is 1.43. The van der Waals surface area contributed by atoms with Crippen LogP contribution in [0.5, 0.6) is 0 Å². The van der Waals surface area contributed by atoms with Gasteiger partial charge in [0.25, 0.3) is 5.56 Å². The van der Waals surface area contributed by atoms with E-state index in [1.54, 1.807) is 0 Å². The molecule has 2 aromatic heterocycles. The molecule has 0 aliphatic carbocycles. The highest BCUT2D eigenvalue weighted by atomic mass is 32.1. The number of nitrogens with zero attached hydrogens (tertiary/aromatic N) is 2. The Hall–Kier alpha value is -1.24. The predicted octanol–water partition coefficient (Wildman–Crippen LogP) is 1.59. The van der Waals surface area contributed by atoms with E-state index in [1.165, 1.54) is 11.3 Å². The Balaban J connectivity index is 1.83. The van der Waals surface area contributed by atoms with Crippen molar-refractivity contribution in [3.63, 3.8) is 0 Å². The van der Waals surface area contributed by atoms with Crippen LogP contribution in [0.1, 0.15) is 19.7 Å². The summed E-state index contributed by atoms with van der Waals surface area (Å²) < 4.78 is 6.40. The molecule has 0 unspecified atom stereocenters. The van der Waals surface area contributed by atoms with Gasteiger partial charge in [-0.25, -0.2) is 4.98 Å². The molecule has 0 radical (unpaired) electrons. The molecule has 0 aromatic carbocycles. The number of morpholine rings is 1. The second kappa shape index (κ2) is 5.03. The summed E-state index contributed by atoms with van der Waals surface area (Å²) in [5, 5.41) is 1.90. The zero-order valence-electron chi connectivity index (χ0n) is 11.0. The molecule has 1 aliphatic heterocycles. The molecule has 102 valence electrons. The number of rotatable bonds is 2. The van der Waals surface area contributed by atoms with Crippen LogP contribution in [0.2, 0.25) is 0 Å². The average molecular weight is 279 g/mol. The number of aromatic nitrogens is 2. The van der Waals surface area contributed by atoms with Crippen molar-refractivity contribution in [3.8, 4) is 0 Å². The van der Waals surface area contributed by atoms with E-state index in [9.17, 15) is 4.79 Å². The molecule has 2 aromatic rings. The van der Waals surface area contributed by atoms with Crippen molar-refractivity contribution in [3.05, 3.63) is 27.6 Å². The summed E-state index contributed by atoms with van der Waals surface area (Å²) in [6, 6.07) is 1.89. The van der Waals surface area contributed by atoms with Gasteiger partial charge in [-0.3, -0.25) is 9.69 Å². The predicted molar refractivity (Wildman–Crippen MR) is 75.5 cm³/mol. The molecule has 3 heterocycles. The maximum absolute atomic E-state index is 11.9. The van der Waals surface area contributed by atoms with Gasteiger partial charge in [0, 0.05) is 13.1 Å². The van der Waals surface area contributed by atoms with Crippen LogP contribution in [0.3, 0.4) is 0 Å². The van der Waals surface area contributed by atoms with Gasteiger partial charge >= 0.3 is 0 Å². The first-order chi connectivity index (χ1) is 9.11. The molecule has 5 nitrogen and oxygen atoms in total. The van der Waals surface area contributed by atoms with Crippen molar-refractivity contribution in [1.29, 1.82) is 0 Å². The molecule has 1 fully saturated rings. The van der Waals surface area contributed by atoms with Crippen LogP contribution in [0, 0.1) is 0 Å². The van der Waals surface area contributed by atoms with Crippen molar-refractivity contribution in [2.45, 2.75) is 32.6 Å². The fraction of sp³-hybridized carbons (Fsp3) is 0.538. The summed E-state index contributed by atoms with van der Waals surface area (Å²) in [4.78, 5) is 21.6. The molecule has 19 heavy (non-hydrogen) atoms. The number of H-pyrrole nitrogens is 1. The van der Waals surface area contributed by atoms with Crippen LogP contribution < -0.4 is 5.56 Å². The Morgan fingerprint density at radius 3 is 2.95 bits per heavy atom. The van der Waals surface area contributed by atoms with Crippen LogP contribution in [-0.2, 0) is 11.3 Å². The van der Waals surface area contributed by atoms with Crippen LogP contribution in [0.4, 0.5) is 0 Å². The first-order valence-electron chi connectivity index (χ1n) is 6.46. The van der Waals surface area contributed by atoms with Gasteiger partial charge in [0.05, 0.1) is 24.3 Å². The maximum Gasteiger partial charge on any atom is 0.268 e. The Morgan fingerprint density at radius 1 is 1.47 bits per heavy atom. The third-order valence-corrected chi connectivity index (χ3v) is 4.13. The van der Waals surface area contributed by atoms with Crippen LogP contribution in [0.15, 0.2) is 16.2 Å². The standard InChI is InChI=1S/C13H17N3O2S/c1-8-5-16(6-9(2)18-8)7-11-14-10-3-4-19-12(10)13(17)15-11/h3-4,8-9H,5-7H2,1-2H3,(H,14,15,17)/t8-,9-/m1/s1. The van der Waals surface area contributed by atoms with E-state index in [0.29, 0.717) is 11.2 Å². The first-order valence-corrected chi connectivity index (χ1v) is 7.34. The summed E-state index contributed by atoms with van der Waals surface area (Å²) in [5.41, 5.74) is 0.752. The van der Waals surface area contributed by atoms with Crippen molar-refractivity contribution >= 4 is 21.6 Å². The Bertz CT molecular complexity index is 626. The SMILES string of the molecule is C[C@@H]1CN(Cc2nc3ccsc3c(=O)[nH]2)C[C@@H](C)O1. The molecular weight excluding hydrogens is 262 g/mol. The van der Waals surface area contributed by atoms with E-state index >= 15 is 0 Å². The molecule has 6 heteroatoms. The number of fused-ring (bicyclic) bond motifs is 1. The third-order valence-electron chi connectivity index (χ3n) is 3.23. The fourth-order valence-electron chi connectivity index (χ4n) is 2.62. The van der Waals surface area contributed by atoms with E-state index in [4.69, 9.17) is 4.74 Å². The minimum atomic E-state index is -0.0376. The van der Waals surface area contributed by atoms with Gasteiger partial charge in [0.2, 0.25) is 0 Å². The minimum Gasteiger partial charge on any atom is -0.373 e. The highest BCUT2D eigenvalue weighted by Gasteiger charge is 2.22. The van der Waals surface area contributed by atoms with Gasteiger partial charge in [-0.15, -0.1) is 11.3 Å². The molecular formula is C13H17N3O2S. The van der Waals surface area contributed by atoms with E-state index < -0.39 is 0 Å². The Labute approximate surface area is 115 Å². The number of nitrogens with one attached hydrogen (secondary N) is 1. The topological polar surface area (TPSA) is 58.2 Å². The number of thiophene rings is 1. The lowest BCUT2D eigenvalue weighted by Gasteiger charge is -2.34. The monoisotopic (exact) mass is 279 g/mol. The number of hydrogen-bond donors (Lipinski definition) is 1. The molecule has 1 saturated heterocycles. The van der Waals surface area contributed by atoms with E-state index in [1.807, 2.05) is 11.4 Å². The van der Waals surface area contributed by atoms with Crippen molar-refractivity contribution < 1.29 is 4.74 Å². The molecule has 0 saturated carbocycles.